The Hall–Kier alpha value is -1.80. The lowest BCUT2D eigenvalue weighted by atomic mass is 10.0. The molecule has 6 N–H and O–H groups in total. The van der Waals surface area contributed by atoms with Crippen LogP contribution in [0.3, 0.4) is 0 Å². The summed E-state index contributed by atoms with van der Waals surface area (Å²) in [5.41, 5.74) is -1.06. The van der Waals surface area contributed by atoms with Gasteiger partial charge in [0.25, 0.3) is 0 Å². The minimum Gasteiger partial charge on any atom is -0.394 e. The molecule has 0 radical (unpaired) electrons. The van der Waals surface area contributed by atoms with Crippen LogP contribution in [0.4, 0.5) is 0 Å². The number of aromatic nitrogens is 1. The molecule has 0 spiro atoms. The Labute approximate surface area is 191 Å². The van der Waals surface area contributed by atoms with E-state index >= 15 is 0 Å². The van der Waals surface area contributed by atoms with Gasteiger partial charge in [0, 0.05) is 18.0 Å². The monoisotopic (exact) mass is 528 g/mol. The first-order valence-electron chi connectivity index (χ1n) is 9.09. The third kappa shape index (κ3) is 6.01. The number of benzene rings is 1. The Morgan fingerprint density at radius 1 is 1.09 bits per heavy atom. The standard InChI is InChI=1S/C16H20N2O12S3/c19-7-11-13(20)14(21)15(22)16(29-11)31-12(17-30-33(26,27)28)5-8-6-18(32(23,24)25)10-4-2-1-3-9(8)10/h1-4,6,11,13-16,19-22H,5,7H2,(H,23,24,25)(H,26,27,28)/b17-12-/t11-,13-,14+,15-,16+/m1/s1. The van der Waals surface area contributed by atoms with E-state index in [1.54, 1.807) is 6.07 Å². The first-order chi connectivity index (χ1) is 15.3. The van der Waals surface area contributed by atoms with Crippen LogP contribution < -0.4 is 0 Å². The van der Waals surface area contributed by atoms with Crippen LogP contribution in [0.15, 0.2) is 35.6 Å². The minimum absolute atomic E-state index is 0.0999. The van der Waals surface area contributed by atoms with Crippen LogP contribution in [0.25, 0.3) is 10.9 Å². The first-order valence-corrected chi connectivity index (χ1v) is 12.7. The Kier molecular flexibility index (Phi) is 7.68. The number of para-hydroxylation sites is 1. The fourth-order valence-corrected chi connectivity index (χ4v) is 5.18. The van der Waals surface area contributed by atoms with Crippen molar-refractivity contribution in [2.45, 2.75) is 36.3 Å². The highest BCUT2D eigenvalue weighted by atomic mass is 32.3. The number of ether oxygens (including phenoxy) is 1. The molecule has 33 heavy (non-hydrogen) atoms. The zero-order valence-electron chi connectivity index (χ0n) is 16.4. The minimum atomic E-state index is -5.04. The van der Waals surface area contributed by atoms with Gasteiger partial charge in [0.05, 0.1) is 12.1 Å². The highest BCUT2D eigenvalue weighted by Gasteiger charge is 2.44. The number of nitrogens with zero attached hydrogens (tertiary/aromatic N) is 2. The molecular formula is C16H20N2O12S3. The van der Waals surface area contributed by atoms with Crippen molar-refractivity contribution < 1.29 is 55.4 Å². The van der Waals surface area contributed by atoms with E-state index < -0.39 is 57.2 Å². The molecule has 17 heteroatoms. The summed E-state index contributed by atoms with van der Waals surface area (Å²) in [4.78, 5) is 0. The second kappa shape index (κ2) is 9.82. The summed E-state index contributed by atoms with van der Waals surface area (Å²) in [6, 6.07) is 6.03. The van der Waals surface area contributed by atoms with E-state index in [9.17, 15) is 41.8 Å². The average Bonchev–Trinajstić information content (AvgIpc) is 3.11. The van der Waals surface area contributed by atoms with Crippen LogP contribution in [0.2, 0.25) is 0 Å². The molecule has 0 bridgehead atoms. The Balaban J connectivity index is 1.98. The zero-order valence-corrected chi connectivity index (χ0v) is 18.9. The molecule has 184 valence electrons. The summed E-state index contributed by atoms with van der Waals surface area (Å²) >= 11 is 0.533. The second-order valence-electron chi connectivity index (χ2n) is 6.92. The van der Waals surface area contributed by atoms with Gasteiger partial charge in [-0.25, -0.2) is 8.26 Å². The predicted octanol–water partition coefficient (Wildman–Crippen LogP) is -1.50. The maximum atomic E-state index is 11.7. The lowest BCUT2D eigenvalue weighted by molar-refractivity contribution is -0.205. The smallest absolute Gasteiger partial charge is 0.394 e. The van der Waals surface area contributed by atoms with Crippen molar-refractivity contribution in [2.24, 2.45) is 5.16 Å². The molecule has 1 aromatic heterocycles. The fourth-order valence-electron chi connectivity index (χ4n) is 3.20. The Morgan fingerprint density at radius 2 is 1.76 bits per heavy atom. The average molecular weight is 529 g/mol. The number of thioether (sulfide) groups is 1. The van der Waals surface area contributed by atoms with Gasteiger partial charge in [-0.3, -0.25) is 9.11 Å². The maximum Gasteiger partial charge on any atom is 0.466 e. The molecule has 0 unspecified atom stereocenters. The van der Waals surface area contributed by atoms with Crippen molar-refractivity contribution in [1.29, 1.82) is 0 Å². The van der Waals surface area contributed by atoms with Gasteiger partial charge in [-0.1, -0.05) is 35.1 Å². The van der Waals surface area contributed by atoms with Gasteiger partial charge >= 0.3 is 20.7 Å². The van der Waals surface area contributed by atoms with Crippen molar-refractivity contribution in [3.63, 3.8) is 0 Å². The largest absolute Gasteiger partial charge is 0.466 e. The summed E-state index contributed by atoms with van der Waals surface area (Å²) in [7, 11) is -9.73. The van der Waals surface area contributed by atoms with E-state index in [2.05, 4.69) is 9.44 Å². The molecule has 1 fully saturated rings. The van der Waals surface area contributed by atoms with Gasteiger partial charge in [0.15, 0.2) is 0 Å². The molecule has 14 nitrogen and oxygen atoms in total. The summed E-state index contributed by atoms with van der Waals surface area (Å²) in [5, 5.41) is 42.8. The van der Waals surface area contributed by atoms with Gasteiger partial charge in [-0.15, -0.1) is 0 Å². The molecule has 5 atom stereocenters. The van der Waals surface area contributed by atoms with Crippen LogP contribution in [-0.4, -0.2) is 91.8 Å². The topological polar surface area (TPSA) is 225 Å². The summed E-state index contributed by atoms with van der Waals surface area (Å²) in [5.74, 6) is 0. The second-order valence-corrected chi connectivity index (χ2v) is 10.4. The zero-order chi connectivity index (χ0) is 24.6. The number of hydrogen-bond donors (Lipinski definition) is 6. The number of rotatable bonds is 7. The van der Waals surface area contributed by atoms with E-state index in [0.29, 0.717) is 21.1 Å². The summed E-state index contributed by atoms with van der Waals surface area (Å²) in [6.07, 6.45) is -5.61. The molecule has 0 saturated carbocycles. The molecule has 0 aliphatic carbocycles. The van der Waals surface area contributed by atoms with E-state index in [-0.39, 0.29) is 22.5 Å². The Bertz CT molecular complexity index is 1240. The van der Waals surface area contributed by atoms with E-state index in [1.165, 1.54) is 18.2 Å². The molecule has 2 aromatic rings. The number of oxime groups is 1. The van der Waals surface area contributed by atoms with Gasteiger partial charge < -0.3 is 25.2 Å². The van der Waals surface area contributed by atoms with Crippen LogP contribution in [0.5, 0.6) is 0 Å². The molecule has 1 saturated heterocycles. The van der Waals surface area contributed by atoms with Crippen LogP contribution >= 0.6 is 11.8 Å². The van der Waals surface area contributed by atoms with Crippen molar-refractivity contribution in [1.82, 2.24) is 3.97 Å². The molecule has 2 heterocycles. The van der Waals surface area contributed by atoms with E-state index in [4.69, 9.17) is 9.29 Å². The molecule has 0 amide bonds. The molecular weight excluding hydrogens is 508 g/mol. The predicted molar refractivity (Wildman–Crippen MR) is 114 cm³/mol. The van der Waals surface area contributed by atoms with Crippen LogP contribution in [0, 0.1) is 0 Å². The number of aliphatic hydroxyl groups is 4. The van der Waals surface area contributed by atoms with Crippen LogP contribution in [0.1, 0.15) is 5.56 Å². The third-order valence-electron chi connectivity index (χ3n) is 4.68. The molecule has 3 rings (SSSR count). The Morgan fingerprint density at radius 3 is 2.36 bits per heavy atom. The van der Waals surface area contributed by atoms with Gasteiger partial charge in [-0.2, -0.15) is 16.8 Å². The first kappa shape index (κ1) is 25.8. The molecule has 1 aromatic carbocycles. The fraction of sp³-hybridized carbons (Fsp3) is 0.438. The van der Waals surface area contributed by atoms with Crippen LogP contribution in [-0.2, 0) is 36.1 Å². The highest BCUT2D eigenvalue weighted by molar-refractivity contribution is 8.14. The normalized spacial score (nSPS) is 27.1. The molecule has 1 aliphatic heterocycles. The number of fused-ring (bicyclic) bond motifs is 1. The van der Waals surface area contributed by atoms with Crippen molar-refractivity contribution in [2.75, 3.05) is 6.61 Å². The SMILES string of the molecule is O=S(=O)(O)O/N=C(/Cc1cn(S(=O)(=O)O)c2ccccc12)S[C@@H]1O[C@H](CO)[C@@H](O)[C@H](O)[C@H]1O. The maximum absolute atomic E-state index is 11.7. The van der Waals surface area contributed by atoms with Gasteiger partial charge in [0.1, 0.15) is 34.9 Å². The lowest BCUT2D eigenvalue weighted by Crippen LogP contribution is -2.57. The van der Waals surface area contributed by atoms with Gasteiger partial charge in [0.2, 0.25) is 0 Å². The van der Waals surface area contributed by atoms with Crippen molar-refractivity contribution in [3.05, 3.63) is 36.0 Å². The lowest BCUT2D eigenvalue weighted by Gasteiger charge is -2.39. The van der Waals surface area contributed by atoms with Crippen molar-refractivity contribution >= 4 is 48.4 Å². The summed E-state index contributed by atoms with van der Waals surface area (Å²) < 4.78 is 73.8. The summed E-state index contributed by atoms with van der Waals surface area (Å²) in [6.45, 7) is -0.710. The number of hydrogen-bond acceptors (Lipinski definition) is 12. The highest BCUT2D eigenvalue weighted by Crippen LogP contribution is 2.32. The van der Waals surface area contributed by atoms with E-state index in [1.807, 2.05) is 0 Å². The number of aliphatic hydroxyl groups excluding tert-OH is 4. The van der Waals surface area contributed by atoms with Gasteiger partial charge in [-0.05, 0) is 11.6 Å². The van der Waals surface area contributed by atoms with E-state index in [0.717, 1.165) is 6.20 Å². The van der Waals surface area contributed by atoms with Crippen molar-refractivity contribution in [3.8, 4) is 0 Å². The third-order valence-corrected chi connectivity index (χ3v) is 6.86. The quantitative estimate of drug-likeness (QED) is 0.104. The molecule has 1 aliphatic rings.